The smallest absolute Gasteiger partial charge is 0.133 e. The van der Waals surface area contributed by atoms with E-state index in [1.807, 2.05) is 0 Å². The Morgan fingerprint density at radius 2 is 2.45 bits per heavy atom. The zero-order chi connectivity index (χ0) is 7.90. The lowest BCUT2D eigenvalue weighted by molar-refractivity contribution is 0.345. The van der Waals surface area contributed by atoms with Gasteiger partial charge < -0.3 is 0 Å². The zero-order valence-electron chi connectivity index (χ0n) is 6.84. The fourth-order valence-electron chi connectivity index (χ4n) is 2.73. The lowest BCUT2D eigenvalue weighted by Gasteiger charge is -2.28. The quantitative estimate of drug-likeness (QED) is 0.561. The van der Waals surface area contributed by atoms with Gasteiger partial charge in [0, 0.05) is 5.25 Å². The Kier molecular flexibility index (Phi) is 1.64. The Bertz CT molecular complexity index is 208. The maximum Gasteiger partial charge on any atom is 0.133 e. The molecule has 2 fully saturated rings. The molecule has 0 heterocycles. The van der Waals surface area contributed by atoms with E-state index in [1.54, 1.807) is 0 Å². The number of nitrogens with zero attached hydrogens (tertiary/aromatic N) is 1. The van der Waals surface area contributed by atoms with E-state index in [2.05, 4.69) is 12.3 Å². The number of hydrogen-bond donors (Lipinski definition) is 0. The molecule has 0 saturated heterocycles. The van der Waals surface area contributed by atoms with Crippen molar-refractivity contribution in [1.82, 2.24) is 0 Å². The van der Waals surface area contributed by atoms with Gasteiger partial charge in [0.15, 0.2) is 0 Å². The van der Waals surface area contributed by atoms with Gasteiger partial charge in [-0.3, -0.25) is 0 Å². The third kappa shape index (κ3) is 1.06. The molecule has 0 N–H and O–H groups in total. The van der Waals surface area contributed by atoms with Crippen LogP contribution in [-0.4, -0.2) is 5.25 Å². The number of hydrogen-bond acceptors (Lipinski definition) is 2. The van der Waals surface area contributed by atoms with Gasteiger partial charge in [0.1, 0.15) is 5.40 Å². The molecule has 2 heteroatoms. The van der Waals surface area contributed by atoms with Crippen molar-refractivity contribution in [2.24, 2.45) is 11.3 Å². The van der Waals surface area contributed by atoms with E-state index >= 15 is 0 Å². The molecule has 0 spiro atoms. The summed E-state index contributed by atoms with van der Waals surface area (Å²) in [5.74, 6) is 0.950. The molecule has 0 radical (unpaired) electrons. The predicted molar refractivity (Wildman–Crippen MR) is 47.1 cm³/mol. The maximum absolute atomic E-state index is 8.58. The van der Waals surface area contributed by atoms with Crippen LogP contribution in [0.25, 0.3) is 0 Å². The highest BCUT2D eigenvalue weighted by molar-refractivity contribution is 8.04. The average molecular weight is 167 g/mol. The first-order valence-corrected chi connectivity index (χ1v) is 5.17. The molecule has 0 aromatic carbocycles. The molecule has 3 atom stereocenters. The van der Waals surface area contributed by atoms with E-state index in [0.717, 1.165) is 5.92 Å². The van der Waals surface area contributed by atoms with E-state index in [9.17, 15) is 0 Å². The molecule has 60 valence electrons. The molecule has 0 aromatic rings. The molecule has 11 heavy (non-hydrogen) atoms. The number of thiocyanates is 1. The Morgan fingerprint density at radius 1 is 1.64 bits per heavy atom. The van der Waals surface area contributed by atoms with Gasteiger partial charge in [-0.1, -0.05) is 6.92 Å². The van der Waals surface area contributed by atoms with Crippen molar-refractivity contribution in [3.8, 4) is 5.40 Å². The summed E-state index contributed by atoms with van der Waals surface area (Å²) in [7, 11) is 0. The van der Waals surface area contributed by atoms with Gasteiger partial charge in [-0.05, 0) is 48.8 Å². The van der Waals surface area contributed by atoms with Crippen LogP contribution in [0.2, 0.25) is 0 Å². The van der Waals surface area contributed by atoms with Gasteiger partial charge in [-0.25, -0.2) is 0 Å². The van der Waals surface area contributed by atoms with Crippen LogP contribution in [0.4, 0.5) is 0 Å². The van der Waals surface area contributed by atoms with Crippen LogP contribution in [0.1, 0.15) is 32.6 Å². The van der Waals surface area contributed by atoms with E-state index < -0.39 is 0 Å². The number of fused-ring (bicyclic) bond motifs is 2. The Hall–Kier alpha value is -0.160. The van der Waals surface area contributed by atoms with E-state index in [4.69, 9.17) is 5.26 Å². The molecule has 0 aromatic heterocycles. The van der Waals surface area contributed by atoms with E-state index in [1.165, 1.54) is 37.4 Å². The molecule has 2 aliphatic rings. The SMILES string of the molecule is CC12CCC(CC1SC#N)C2. The zero-order valence-corrected chi connectivity index (χ0v) is 7.66. The van der Waals surface area contributed by atoms with Gasteiger partial charge >= 0.3 is 0 Å². The van der Waals surface area contributed by atoms with Crippen LogP contribution < -0.4 is 0 Å². The largest absolute Gasteiger partial charge is 0.185 e. The highest BCUT2D eigenvalue weighted by atomic mass is 32.2. The second-order valence-electron chi connectivity index (χ2n) is 4.20. The highest BCUT2D eigenvalue weighted by Gasteiger charge is 2.48. The van der Waals surface area contributed by atoms with Crippen molar-refractivity contribution in [2.45, 2.75) is 37.9 Å². The summed E-state index contributed by atoms with van der Waals surface area (Å²) in [6.45, 7) is 2.36. The molecular formula is C9H13NS. The lowest BCUT2D eigenvalue weighted by atomic mass is 9.86. The first kappa shape index (κ1) is 7.49. The third-order valence-corrected chi connectivity index (χ3v) is 4.55. The number of nitriles is 1. The Balaban J connectivity index is 2.10. The topological polar surface area (TPSA) is 23.8 Å². The molecule has 0 amide bonds. The molecule has 3 unspecified atom stereocenters. The van der Waals surface area contributed by atoms with Crippen molar-refractivity contribution < 1.29 is 0 Å². The Labute approximate surface area is 72.2 Å². The molecule has 2 saturated carbocycles. The first-order chi connectivity index (χ1) is 5.24. The van der Waals surface area contributed by atoms with Crippen molar-refractivity contribution >= 4 is 11.8 Å². The third-order valence-electron chi connectivity index (χ3n) is 3.40. The second kappa shape index (κ2) is 2.42. The van der Waals surface area contributed by atoms with Crippen LogP contribution in [0.3, 0.4) is 0 Å². The van der Waals surface area contributed by atoms with Crippen molar-refractivity contribution in [1.29, 1.82) is 5.26 Å². The van der Waals surface area contributed by atoms with Gasteiger partial charge in [0.05, 0.1) is 0 Å². The summed E-state index contributed by atoms with van der Waals surface area (Å²) in [6.07, 6.45) is 5.46. The van der Waals surface area contributed by atoms with E-state index in [-0.39, 0.29) is 0 Å². The van der Waals surface area contributed by atoms with Crippen LogP contribution in [0, 0.1) is 22.0 Å². The van der Waals surface area contributed by atoms with Crippen molar-refractivity contribution in [2.75, 3.05) is 0 Å². The van der Waals surface area contributed by atoms with Gasteiger partial charge in [-0.2, -0.15) is 5.26 Å². The van der Waals surface area contributed by atoms with Crippen LogP contribution in [-0.2, 0) is 0 Å². The molecule has 1 nitrogen and oxygen atoms in total. The minimum absolute atomic E-state index is 0.519. The average Bonchev–Trinajstić information content (AvgIpc) is 2.44. The first-order valence-electron chi connectivity index (χ1n) is 4.29. The maximum atomic E-state index is 8.58. The molecule has 0 aliphatic heterocycles. The Morgan fingerprint density at radius 3 is 2.91 bits per heavy atom. The van der Waals surface area contributed by atoms with Crippen molar-refractivity contribution in [3.63, 3.8) is 0 Å². The van der Waals surface area contributed by atoms with Gasteiger partial charge in [-0.15, -0.1) is 0 Å². The normalized spacial score (nSPS) is 47.6. The molecule has 2 aliphatic carbocycles. The highest BCUT2D eigenvalue weighted by Crippen LogP contribution is 2.57. The van der Waals surface area contributed by atoms with Crippen LogP contribution >= 0.6 is 11.8 Å². The predicted octanol–water partition coefficient (Wildman–Crippen LogP) is 2.78. The van der Waals surface area contributed by atoms with Crippen molar-refractivity contribution in [3.05, 3.63) is 0 Å². The molecule has 2 rings (SSSR count). The molecule has 2 bridgehead atoms. The van der Waals surface area contributed by atoms with Crippen LogP contribution in [0.15, 0.2) is 0 Å². The minimum atomic E-state index is 0.519. The monoisotopic (exact) mass is 167 g/mol. The number of thioether (sulfide) groups is 1. The fourth-order valence-corrected chi connectivity index (χ4v) is 3.73. The standard InChI is InChI=1S/C9H13NS/c1-9-3-2-7(5-9)4-8(9)11-6-10/h7-8H,2-5H2,1H3. The molecular weight excluding hydrogens is 154 g/mol. The fraction of sp³-hybridized carbons (Fsp3) is 0.889. The van der Waals surface area contributed by atoms with Crippen LogP contribution in [0.5, 0.6) is 0 Å². The van der Waals surface area contributed by atoms with Gasteiger partial charge in [0.25, 0.3) is 0 Å². The lowest BCUT2D eigenvalue weighted by Crippen LogP contribution is -2.23. The summed E-state index contributed by atoms with van der Waals surface area (Å²) in [5, 5.41) is 11.5. The summed E-state index contributed by atoms with van der Waals surface area (Å²) >= 11 is 1.51. The summed E-state index contributed by atoms with van der Waals surface area (Å²) in [5.41, 5.74) is 0.519. The minimum Gasteiger partial charge on any atom is -0.185 e. The summed E-state index contributed by atoms with van der Waals surface area (Å²) in [4.78, 5) is 0. The number of rotatable bonds is 1. The summed E-state index contributed by atoms with van der Waals surface area (Å²) in [6, 6.07) is 0. The van der Waals surface area contributed by atoms with E-state index in [0.29, 0.717) is 10.7 Å². The van der Waals surface area contributed by atoms with Gasteiger partial charge in [0.2, 0.25) is 0 Å². The summed E-state index contributed by atoms with van der Waals surface area (Å²) < 4.78 is 0. The second-order valence-corrected chi connectivity index (χ2v) is 5.18.